The standard InChI is InChI=1S/C14H19N3O/c1-4-18-10-7-5-6-9-12(10)16-13(15)17(9)11-8-14(11,2)3/h5-7,11H,4,8H2,1-3H3,(H2,15,16). The van der Waals surface area contributed by atoms with Gasteiger partial charge in [0.15, 0.2) is 0 Å². The van der Waals surface area contributed by atoms with Gasteiger partial charge in [-0.25, -0.2) is 4.98 Å². The van der Waals surface area contributed by atoms with Crippen LogP contribution in [-0.2, 0) is 0 Å². The number of benzene rings is 1. The lowest BCUT2D eigenvalue weighted by Gasteiger charge is -2.09. The van der Waals surface area contributed by atoms with Gasteiger partial charge in [0.1, 0.15) is 11.3 Å². The molecule has 1 aliphatic rings. The van der Waals surface area contributed by atoms with Crippen LogP contribution in [0.25, 0.3) is 11.0 Å². The van der Waals surface area contributed by atoms with Gasteiger partial charge in [0.25, 0.3) is 0 Å². The van der Waals surface area contributed by atoms with Crippen molar-refractivity contribution in [2.45, 2.75) is 33.2 Å². The topological polar surface area (TPSA) is 53.1 Å². The summed E-state index contributed by atoms with van der Waals surface area (Å²) in [4.78, 5) is 4.47. The number of nitrogen functional groups attached to an aromatic ring is 1. The van der Waals surface area contributed by atoms with Crippen molar-refractivity contribution < 1.29 is 4.74 Å². The highest BCUT2D eigenvalue weighted by Gasteiger charge is 2.48. The molecule has 1 aliphatic carbocycles. The smallest absolute Gasteiger partial charge is 0.201 e. The van der Waals surface area contributed by atoms with E-state index in [4.69, 9.17) is 10.5 Å². The summed E-state index contributed by atoms with van der Waals surface area (Å²) in [6.45, 7) is 7.13. The first-order valence-corrected chi connectivity index (χ1v) is 6.44. The molecule has 96 valence electrons. The largest absolute Gasteiger partial charge is 0.492 e. The summed E-state index contributed by atoms with van der Waals surface area (Å²) in [6, 6.07) is 6.47. The van der Waals surface area contributed by atoms with E-state index >= 15 is 0 Å². The van der Waals surface area contributed by atoms with Gasteiger partial charge in [-0.05, 0) is 30.9 Å². The third-order valence-corrected chi connectivity index (χ3v) is 3.78. The maximum absolute atomic E-state index is 6.08. The fraction of sp³-hybridized carbons (Fsp3) is 0.500. The third-order valence-electron chi connectivity index (χ3n) is 3.78. The number of fused-ring (bicyclic) bond motifs is 1. The van der Waals surface area contributed by atoms with Gasteiger partial charge in [0.2, 0.25) is 5.95 Å². The van der Waals surface area contributed by atoms with Crippen LogP contribution < -0.4 is 10.5 Å². The first kappa shape index (κ1) is 11.4. The predicted molar refractivity (Wildman–Crippen MR) is 72.7 cm³/mol. The Morgan fingerprint density at radius 3 is 2.83 bits per heavy atom. The van der Waals surface area contributed by atoms with E-state index in [0.29, 0.717) is 24.0 Å². The van der Waals surface area contributed by atoms with Crippen LogP contribution in [0.4, 0.5) is 5.95 Å². The van der Waals surface area contributed by atoms with Gasteiger partial charge in [-0.2, -0.15) is 0 Å². The molecule has 1 fully saturated rings. The second-order valence-corrected chi connectivity index (χ2v) is 5.61. The van der Waals surface area contributed by atoms with Crippen molar-refractivity contribution in [2.24, 2.45) is 5.41 Å². The van der Waals surface area contributed by atoms with Gasteiger partial charge < -0.3 is 15.0 Å². The van der Waals surface area contributed by atoms with Crippen molar-refractivity contribution in [3.8, 4) is 5.75 Å². The number of aromatic nitrogens is 2. The number of para-hydroxylation sites is 1. The van der Waals surface area contributed by atoms with Crippen LogP contribution in [0, 0.1) is 5.41 Å². The van der Waals surface area contributed by atoms with Crippen LogP contribution in [0.3, 0.4) is 0 Å². The normalized spacial score (nSPS) is 21.2. The van der Waals surface area contributed by atoms with Crippen molar-refractivity contribution in [1.82, 2.24) is 9.55 Å². The SMILES string of the molecule is CCOc1cccc2c1nc(N)n2C1CC1(C)C. The number of rotatable bonds is 3. The van der Waals surface area contributed by atoms with Crippen LogP contribution in [0.15, 0.2) is 18.2 Å². The minimum absolute atomic E-state index is 0.323. The van der Waals surface area contributed by atoms with Crippen molar-refractivity contribution in [1.29, 1.82) is 0 Å². The lowest BCUT2D eigenvalue weighted by Crippen LogP contribution is -2.04. The Bertz CT molecular complexity index is 600. The summed E-state index contributed by atoms with van der Waals surface area (Å²) < 4.78 is 7.76. The molecule has 1 heterocycles. The van der Waals surface area contributed by atoms with Crippen molar-refractivity contribution in [3.63, 3.8) is 0 Å². The second kappa shape index (κ2) is 3.64. The molecule has 0 spiro atoms. The zero-order chi connectivity index (χ0) is 12.9. The summed E-state index contributed by atoms with van der Waals surface area (Å²) in [5, 5.41) is 0. The Hall–Kier alpha value is -1.71. The summed E-state index contributed by atoms with van der Waals surface area (Å²) in [6.07, 6.45) is 1.15. The molecule has 4 nitrogen and oxygen atoms in total. The lowest BCUT2D eigenvalue weighted by atomic mass is 10.2. The molecule has 0 saturated heterocycles. The van der Waals surface area contributed by atoms with E-state index in [-0.39, 0.29) is 0 Å². The van der Waals surface area contributed by atoms with Crippen LogP contribution in [-0.4, -0.2) is 16.2 Å². The zero-order valence-corrected chi connectivity index (χ0v) is 11.1. The van der Waals surface area contributed by atoms with Gasteiger partial charge in [-0.15, -0.1) is 0 Å². The molecule has 2 N–H and O–H groups in total. The van der Waals surface area contributed by atoms with Gasteiger partial charge in [-0.1, -0.05) is 19.9 Å². The number of nitrogens with two attached hydrogens (primary N) is 1. The van der Waals surface area contributed by atoms with E-state index in [0.717, 1.165) is 23.2 Å². The van der Waals surface area contributed by atoms with Gasteiger partial charge in [0, 0.05) is 6.04 Å². The number of anilines is 1. The molecule has 1 saturated carbocycles. The van der Waals surface area contributed by atoms with Crippen LogP contribution in [0.1, 0.15) is 33.2 Å². The molecular weight excluding hydrogens is 226 g/mol. The maximum Gasteiger partial charge on any atom is 0.201 e. The Morgan fingerprint density at radius 2 is 2.22 bits per heavy atom. The number of hydrogen-bond acceptors (Lipinski definition) is 3. The Labute approximate surface area is 107 Å². The van der Waals surface area contributed by atoms with Crippen LogP contribution >= 0.6 is 0 Å². The Kier molecular flexibility index (Phi) is 2.30. The summed E-state index contributed by atoms with van der Waals surface area (Å²) in [5.41, 5.74) is 8.35. The summed E-state index contributed by atoms with van der Waals surface area (Å²) >= 11 is 0. The molecule has 2 aromatic rings. The van der Waals surface area contributed by atoms with Crippen molar-refractivity contribution >= 4 is 17.0 Å². The molecule has 0 bridgehead atoms. The third kappa shape index (κ3) is 1.55. The van der Waals surface area contributed by atoms with Crippen molar-refractivity contribution in [3.05, 3.63) is 18.2 Å². The van der Waals surface area contributed by atoms with Gasteiger partial charge in [0.05, 0.1) is 12.1 Å². The highest BCUT2D eigenvalue weighted by atomic mass is 16.5. The second-order valence-electron chi connectivity index (χ2n) is 5.61. The van der Waals surface area contributed by atoms with Crippen LogP contribution in [0.2, 0.25) is 0 Å². The lowest BCUT2D eigenvalue weighted by molar-refractivity contribution is 0.343. The van der Waals surface area contributed by atoms with E-state index in [1.165, 1.54) is 0 Å². The molecule has 1 atom stereocenters. The minimum atomic E-state index is 0.323. The highest BCUT2D eigenvalue weighted by Crippen LogP contribution is 2.57. The quantitative estimate of drug-likeness (QED) is 0.904. The molecule has 1 aromatic carbocycles. The predicted octanol–water partition coefficient (Wildman–Crippen LogP) is 2.99. The molecule has 1 aromatic heterocycles. The molecule has 1 unspecified atom stereocenters. The first-order valence-electron chi connectivity index (χ1n) is 6.44. The number of hydrogen-bond donors (Lipinski definition) is 1. The minimum Gasteiger partial charge on any atom is -0.492 e. The van der Waals surface area contributed by atoms with E-state index in [1.54, 1.807) is 0 Å². The number of nitrogens with zero attached hydrogens (tertiary/aromatic N) is 2. The fourth-order valence-corrected chi connectivity index (χ4v) is 2.59. The number of imidazole rings is 1. The molecule has 0 amide bonds. The molecule has 0 aliphatic heterocycles. The Morgan fingerprint density at radius 1 is 1.50 bits per heavy atom. The van der Waals surface area contributed by atoms with E-state index < -0.39 is 0 Å². The molecule has 0 radical (unpaired) electrons. The monoisotopic (exact) mass is 245 g/mol. The van der Waals surface area contributed by atoms with E-state index in [2.05, 4.69) is 29.5 Å². The first-order chi connectivity index (χ1) is 8.54. The highest BCUT2D eigenvalue weighted by molar-refractivity contribution is 5.84. The molecule has 4 heteroatoms. The van der Waals surface area contributed by atoms with Gasteiger partial charge >= 0.3 is 0 Å². The average Bonchev–Trinajstić information content (AvgIpc) is 2.79. The Balaban J connectivity index is 2.16. The zero-order valence-electron chi connectivity index (χ0n) is 11.1. The molecule has 18 heavy (non-hydrogen) atoms. The van der Waals surface area contributed by atoms with E-state index in [1.807, 2.05) is 19.1 Å². The molecular formula is C14H19N3O. The molecule has 3 rings (SSSR count). The summed E-state index contributed by atoms with van der Waals surface area (Å²) in [5.74, 6) is 1.41. The number of ether oxygens (including phenoxy) is 1. The fourth-order valence-electron chi connectivity index (χ4n) is 2.59. The maximum atomic E-state index is 6.08. The average molecular weight is 245 g/mol. The van der Waals surface area contributed by atoms with Crippen LogP contribution in [0.5, 0.6) is 5.75 Å². The van der Waals surface area contributed by atoms with E-state index in [9.17, 15) is 0 Å². The summed E-state index contributed by atoms with van der Waals surface area (Å²) in [7, 11) is 0. The van der Waals surface area contributed by atoms with Crippen molar-refractivity contribution in [2.75, 3.05) is 12.3 Å². The van der Waals surface area contributed by atoms with Gasteiger partial charge in [-0.3, -0.25) is 0 Å².